The second-order valence-electron chi connectivity index (χ2n) is 7.13. The Hall–Kier alpha value is -2.68. The summed E-state index contributed by atoms with van der Waals surface area (Å²) in [6.45, 7) is 6.31. The summed E-state index contributed by atoms with van der Waals surface area (Å²) in [7, 11) is 0. The molecule has 1 amide bonds. The molecule has 2 aromatic rings. The molecule has 28 heavy (non-hydrogen) atoms. The number of alkyl halides is 3. The zero-order valence-electron chi connectivity index (χ0n) is 16.2. The third-order valence-corrected chi connectivity index (χ3v) is 2.94. The second kappa shape index (κ2) is 10.0. The van der Waals surface area contributed by atoms with Crippen LogP contribution in [-0.4, -0.2) is 34.2 Å². The van der Waals surface area contributed by atoms with Gasteiger partial charge in [0, 0.05) is 11.7 Å². The first-order valence-electron chi connectivity index (χ1n) is 8.50. The number of amides is 1. The number of carbonyl (C=O) groups excluding carboxylic acids is 1. The van der Waals surface area contributed by atoms with Crippen LogP contribution in [0.15, 0.2) is 42.9 Å². The number of hydrogen-bond acceptors (Lipinski definition) is 5. The first-order valence-corrected chi connectivity index (χ1v) is 8.50. The molecule has 154 valence electrons. The summed E-state index contributed by atoms with van der Waals surface area (Å²) in [5.41, 5.74) is 6.32. The quantitative estimate of drug-likeness (QED) is 0.802. The maximum absolute atomic E-state index is 12.1. The van der Waals surface area contributed by atoms with E-state index in [2.05, 4.69) is 20.0 Å². The van der Waals surface area contributed by atoms with Crippen LogP contribution in [0.4, 0.5) is 13.2 Å². The zero-order valence-corrected chi connectivity index (χ0v) is 16.2. The van der Waals surface area contributed by atoms with E-state index in [-0.39, 0.29) is 28.9 Å². The molecular weight excluding hydrogens is 373 g/mol. The molecule has 1 aromatic carbocycles. The molecule has 3 N–H and O–H groups in total. The van der Waals surface area contributed by atoms with Crippen molar-refractivity contribution in [1.29, 1.82) is 0 Å². The number of halogens is 3. The number of rotatable bonds is 5. The molecule has 0 aliphatic rings. The lowest BCUT2D eigenvalue weighted by Crippen LogP contribution is -2.27. The molecular formula is C19H25F3N4O2. The maximum Gasteiger partial charge on any atom is 0.422 e. The van der Waals surface area contributed by atoms with Gasteiger partial charge in [0.15, 0.2) is 6.61 Å². The molecule has 0 fully saturated rings. The van der Waals surface area contributed by atoms with Gasteiger partial charge in [-0.05, 0) is 51.5 Å². The number of nitrogens with zero attached hydrogens (tertiary/aromatic N) is 2. The van der Waals surface area contributed by atoms with Gasteiger partial charge in [0.05, 0.1) is 6.04 Å². The van der Waals surface area contributed by atoms with Gasteiger partial charge in [-0.2, -0.15) is 13.2 Å². The highest BCUT2D eigenvalue weighted by Gasteiger charge is 2.28. The minimum atomic E-state index is -4.38. The topological polar surface area (TPSA) is 90.1 Å². The van der Waals surface area contributed by atoms with Crippen LogP contribution in [0.25, 0.3) is 0 Å². The predicted molar refractivity (Wildman–Crippen MR) is 99.8 cm³/mol. The number of carbonyl (C=O) groups is 1. The summed E-state index contributed by atoms with van der Waals surface area (Å²) in [4.78, 5) is 19.5. The van der Waals surface area contributed by atoms with Gasteiger partial charge >= 0.3 is 6.18 Å². The van der Waals surface area contributed by atoms with Gasteiger partial charge in [0.2, 0.25) is 0 Å². The molecule has 2 rings (SSSR count). The molecule has 0 bridgehead atoms. The third kappa shape index (κ3) is 10.5. The van der Waals surface area contributed by atoms with Crippen LogP contribution in [-0.2, 0) is 0 Å². The lowest BCUT2D eigenvalue weighted by atomic mass is 10.1. The molecule has 0 saturated carbocycles. The SMILES string of the molecule is CC(C)(C)N.CC(NC(=O)c1ccncn1)c1ccc(OCC(F)(F)F)cc1. The van der Waals surface area contributed by atoms with Crippen molar-refractivity contribution in [3.8, 4) is 5.75 Å². The molecule has 0 aliphatic heterocycles. The van der Waals surface area contributed by atoms with E-state index in [0.29, 0.717) is 0 Å². The Labute approximate surface area is 162 Å². The Morgan fingerprint density at radius 2 is 1.75 bits per heavy atom. The molecule has 0 aliphatic carbocycles. The van der Waals surface area contributed by atoms with Gasteiger partial charge in [0.1, 0.15) is 17.8 Å². The van der Waals surface area contributed by atoms with E-state index in [9.17, 15) is 18.0 Å². The van der Waals surface area contributed by atoms with Gasteiger partial charge in [-0.3, -0.25) is 4.79 Å². The van der Waals surface area contributed by atoms with Gasteiger partial charge in [0.25, 0.3) is 5.91 Å². The Morgan fingerprint density at radius 3 is 2.21 bits per heavy atom. The van der Waals surface area contributed by atoms with E-state index in [1.807, 2.05) is 20.8 Å². The van der Waals surface area contributed by atoms with Crippen molar-refractivity contribution in [2.75, 3.05) is 6.61 Å². The minimum absolute atomic E-state index is 0. The molecule has 6 nitrogen and oxygen atoms in total. The summed E-state index contributed by atoms with van der Waals surface area (Å²) >= 11 is 0. The molecule has 1 unspecified atom stereocenters. The fourth-order valence-electron chi connectivity index (χ4n) is 1.80. The highest BCUT2D eigenvalue weighted by molar-refractivity contribution is 5.92. The average molecular weight is 398 g/mol. The first-order chi connectivity index (χ1) is 12.8. The van der Waals surface area contributed by atoms with Crippen molar-refractivity contribution < 1.29 is 22.7 Å². The van der Waals surface area contributed by atoms with Crippen LogP contribution in [0.3, 0.4) is 0 Å². The predicted octanol–water partition coefficient (Wildman–Crippen LogP) is 3.65. The van der Waals surface area contributed by atoms with Crippen molar-refractivity contribution in [3.05, 3.63) is 54.1 Å². The Balaban J connectivity index is 0.000000696. The normalized spacial score (nSPS) is 12.4. The standard InChI is InChI=1S/C15H14F3N3O2.C4H11N/c1-10(21-14(22)13-6-7-19-9-20-13)11-2-4-12(5-3-11)23-8-15(16,17)18;1-4(2,3)5/h2-7,9-10H,8H2,1H3,(H,21,22);5H2,1-3H3. The summed E-state index contributed by atoms with van der Waals surface area (Å²) in [5, 5.41) is 2.74. The van der Waals surface area contributed by atoms with Crippen molar-refractivity contribution in [2.24, 2.45) is 5.73 Å². The molecule has 1 heterocycles. The number of hydrogen-bond donors (Lipinski definition) is 2. The van der Waals surface area contributed by atoms with E-state index in [1.54, 1.807) is 19.1 Å². The van der Waals surface area contributed by atoms with Crippen LogP contribution in [0.1, 0.15) is 49.8 Å². The monoisotopic (exact) mass is 398 g/mol. The number of ether oxygens (including phenoxy) is 1. The number of nitrogens with two attached hydrogens (primary N) is 1. The minimum Gasteiger partial charge on any atom is -0.484 e. The fourth-order valence-corrected chi connectivity index (χ4v) is 1.80. The third-order valence-electron chi connectivity index (χ3n) is 2.94. The lowest BCUT2D eigenvalue weighted by Gasteiger charge is -2.15. The van der Waals surface area contributed by atoms with E-state index < -0.39 is 12.8 Å². The summed E-state index contributed by atoms with van der Waals surface area (Å²) in [6.07, 6.45) is -1.65. The highest BCUT2D eigenvalue weighted by atomic mass is 19.4. The van der Waals surface area contributed by atoms with Crippen LogP contribution in [0, 0.1) is 0 Å². The number of nitrogens with one attached hydrogen (secondary N) is 1. The Bertz CT molecular complexity index is 724. The van der Waals surface area contributed by atoms with Crippen LogP contribution in [0.5, 0.6) is 5.75 Å². The first kappa shape index (κ1) is 23.4. The number of benzene rings is 1. The maximum atomic E-state index is 12.1. The average Bonchev–Trinajstić information content (AvgIpc) is 2.59. The molecule has 1 aromatic heterocycles. The fraction of sp³-hybridized carbons (Fsp3) is 0.421. The zero-order chi connectivity index (χ0) is 21.4. The largest absolute Gasteiger partial charge is 0.484 e. The van der Waals surface area contributed by atoms with E-state index in [4.69, 9.17) is 5.73 Å². The lowest BCUT2D eigenvalue weighted by molar-refractivity contribution is -0.153. The van der Waals surface area contributed by atoms with Crippen LogP contribution >= 0.6 is 0 Å². The molecule has 0 spiro atoms. The Morgan fingerprint density at radius 1 is 1.18 bits per heavy atom. The van der Waals surface area contributed by atoms with Crippen molar-refractivity contribution in [3.63, 3.8) is 0 Å². The van der Waals surface area contributed by atoms with Gasteiger partial charge in [-0.15, -0.1) is 0 Å². The van der Waals surface area contributed by atoms with Gasteiger partial charge < -0.3 is 15.8 Å². The number of aromatic nitrogens is 2. The van der Waals surface area contributed by atoms with Gasteiger partial charge in [-0.25, -0.2) is 9.97 Å². The van der Waals surface area contributed by atoms with E-state index in [1.165, 1.54) is 30.7 Å². The van der Waals surface area contributed by atoms with Crippen molar-refractivity contribution in [2.45, 2.75) is 45.5 Å². The van der Waals surface area contributed by atoms with E-state index in [0.717, 1.165) is 5.56 Å². The smallest absolute Gasteiger partial charge is 0.422 e. The molecule has 0 saturated heterocycles. The molecule has 1 atom stereocenters. The Kier molecular flexibility index (Phi) is 8.36. The summed E-state index contributed by atoms with van der Waals surface area (Å²) < 4.78 is 40.8. The van der Waals surface area contributed by atoms with E-state index >= 15 is 0 Å². The summed E-state index contributed by atoms with van der Waals surface area (Å²) in [5.74, 6) is -0.252. The van der Waals surface area contributed by atoms with Crippen LogP contribution < -0.4 is 15.8 Å². The van der Waals surface area contributed by atoms with Gasteiger partial charge in [-0.1, -0.05) is 12.1 Å². The molecule has 9 heteroatoms. The second-order valence-corrected chi connectivity index (χ2v) is 7.13. The summed E-state index contributed by atoms with van der Waals surface area (Å²) in [6, 6.07) is 7.18. The van der Waals surface area contributed by atoms with Crippen molar-refractivity contribution in [1.82, 2.24) is 15.3 Å². The van der Waals surface area contributed by atoms with Crippen molar-refractivity contribution >= 4 is 5.91 Å². The van der Waals surface area contributed by atoms with Crippen LogP contribution in [0.2, 0.25) is 0 Å². The highest BCUT2D eigenvalue weighted by Crippen LogP contribution is 2.21. The molecule has 0 radical (unpaired) electrons.